The molecule has 0 fully saturated rings. The summed E-state index contributed by atoms with van der Waals surface area (Å²) in [7, 11) is 0. The molecular formula is C15H34OSn. The normalized spacial score (nSPS) is 12.0. The molecule has 0 radical (unpaired) electrons. The molecule has 0 heterocycles. The quantitative estimate of drug-likeness (QED) is 0.322. The fourth-order valence-corrected chi connectivity index (χ4v) is 7.65. The van der Waals surface area contributed by atoms with Crippen molar-refractivity contribution >= 4 is 18.8 Å². The van der Waals surface area contributed by atoms with E-state index in [4.69, 9.17) is 3.07 Å². The van der Waals surface area contributed by atoms with Gasteiger partial charge in [0.05, 0.1) is 0 Å². The Morgan fingerprint density at radius 2 is 1.24 bits per heavy atom. The topological polar surface area (TPSA) is 9.23 Å². The molecular weight excluding hydrogens is 315 g/mol. The molecule has 0 aromatic rings. The average Bonchev–Trinajstić information content (AvgIpc) is 2.29. The van der Waals surface area contributed by atoms with Gasteiger partial charge in [0.15, 0.2) is 0 Å². The minimum atomic E-state index is -2.05. The number of rotatable bonds is 12. The summed E-state index contributed by atoms with van der Waals surface area (Å²) >= 11 is -2.05. The number of unbranched alkanes of at least 4 members (excludes halogenated alkanes) is 7. The summed E-state index contributed by atoms with van der Waals surface area (Å²) in [6.45, 7) is 5.57. The van der Waals surface area contributed by atoms with Crippen LogP contribution in [0.15, 0.2) is 0 Å². The minimum absolute atomic E-state index is 1.03. The second kappa shape index (κ2) is 11.8. The molecule has 0 aliphatic carbocycles. The van der Waals surface area contributed by atoms with E-state index in [2.05, 4.69) is 23.7 Å². The van der Waals surface area contributed by atoms with Crippen LogP contribution in [-0.4, -0.2) is 25.4 Å². The van der Waals surface area contributed by atoms with Gasteiger partial charge >= 0.3 is 114 Å². The van der Waals surface area contributed by atoms with E-state index in [1.165, 1.54) is 62.2 Å². The fraction of sp³-hybridized carbons (Fsp3) is 1.00. The van der Waals surface area contributed by atoms with Crippen molar-refractivity contribution in [3.8, 4) is 0 Å². The van der Waals surface area contributed by atoms with E-state index in [1.807, 2.05) is 0 Å². The van der Waals surface area contributed by atoms with Gasteiger partial charge in [-0.1, -0.05) is 0 Å². The molecule has 0 saturated carbocycles. The van der Waals surface area contributed by atoms with E-state index < -0.39 is 18.8 Å². The number of hydrogen-bond acceptors (Lipinski definition) is 1. The second-order valence-corrected chi connectivity index (χ2v) is 18.1. The van der Waals surface area contributed by atoms with E-state index >= 15 is 0 Å². The zero-order chi connectivity index (χ0) is 13.0. The van der Waals surface area contributed by atoms with Gasteiger partial charge in [-0.3, -0.25) is 0 Å². The van der Waals surface area contributed by atoms with Gasteiger partial charge in [0.2, 0.25) is 0 Å². The zero-order valence-corrected chi connectivity index (χ0v) is 15.5. The Hall–Kier alpha value is 0.759. The van der Waals surface area contributed by atoms with Crippen molar-refractivity contribution in [3.63, 3.8) is 0 Å². The standard InChI is InChI=1S/C8H17.C5H11O.2CH3.Sn/c1-3-5-7-8-6-4-2;1-2-3-4-5-6;;;/h1,3-8H2,2H3;2-5H2,1H3;2*1H3;/q;-1;;;+1. The van der Waals surface area contributed by atoms with Gasteiger partial charge < -0.3 is 0 Å². The maximum atomic E-state index is 6.17. The van der Waals surface area contributed by atoms with Gasteiger partial charge in [0.25, 0.3) is 0 Å². The van der Waals surface area contributed by atoms with Gasteiger partial charge in [-0.25, -0.2) is 0 Å². The van der Waals surface area contributed by atoms with Crippen molar-refractivity contribution in [2.45, 2.75) is 86.0 Å². The van der Waals surface area contributed by atoms with Crippen LogP contribution in [0.4, 0.5) is 0 Å². The van der Waals surface area contributed by atoms with Crippen molar-refractivity contribution in [2.75, 3.05) is 6.61 Å². The molecule has 0 aliphatic heterocycles. The summed E-state index contributed by atoms with van der Waals surface area (Å²) in [6, 6.07) is 0. The SMILES string of the molecule is CCCCCCC[CH2][Sn]([CH3])([CH3])[O]CCCCC. The van der Waals surface area contributed by atoms with Crippen LogP contribution >= 0.6 is 0 Å². The van der Waals surface area contributed by atoms with E-state index in [0.29, 0.717) is 0 Å². The first-order valence-corrected chi connectivity index (χ1v) is 16.7. The Kier molecular flexibility index (Phi) is 12.4. The van der Waals surface area contributed by atoms with Crippen LogP contribution in [0.2, 0.25) is 14.3 Å². The summed E-state index contributed by atoms with van der Waals surface area (Å²) in [5.41, 5.74) is 0. The van der Waals surface area contributed by atoms with Crippen LogP contribution in [0.5, 0.6) is 0 Å². The van der Waals surface area contributed by atoms with Gasteiger partial charge in [0.1, 0.15) is 0 Å². The van der Waals surface area contributed by atoms with Gasteiger partial charge in [-0.2, -0.15) is 0 Å². The van der Waals surface area contributed by atoms with Crippen LogP contribution in [-0.2, 0) is 3.07 Å². The first-order valence-electron chi connectivity index (χ1n) is 7.76. The van der Waals surface area contributed by atoms with Crippen molar-refractivity contribution in [2.24, 2.45) is 0 Å². The van der Waals surface area contributed by atoms with E-state index in [-0.39, 0.29) is 0 Å². The molecule has 0 aromatic heterocycles. The van der Waals surface area contributed by atoms with Crippen molar-refractivity contribution in [1.29, 1.82) is 0 Å². The van der Waals surface area contributed by atoms with E-state index in [0.717, 1.165) is 6.61 Å². The Morgan fingerprint density at radius 1 is 0.706 bits per heavy atom. The van der Waals surface area contributed by atoms with Crippen molar-refractivity contribution in [3.05, 3.63) is 0 Å². The van der Waals surface area contributed by atoms with Gasteiger partial charge in [0, 0.05) is 0 Å². The van der Waals surface area contributed by atoms with Crippen LogP contribution in [0.25, 0.3) is 0 Å². The van der Waals surface area contributed by atoms with E-state index in [1.54, 1.807) is 0 Å². The van der Waals surface area contributed by atoms with E-state index in [9.17, 15) is 0 Å². The summed E-state index contributed by atoms with van der Waals surface area (Å²) in [5, 5.41) is 0. The molecule has 0 atom stereocenters. The molecule has 0 saturated heterocycles. The third-order valence-corrected chi connectivity index (χ3v) is 10.6. The summed E-state index contributed by atoms with van der Waals surface area (Å²) in [4.78, 5) is 4.90. The first kappa shape index (κ1) is 17.8. The van der Waals surface area contributed by atoms with Crippen molar-refractivity contribution < 1.29 is 3.07 Å². The number of hydrogen-bond donors (Lipinski definition) is 0. The Bertz CT molecular complexity index is 157. The van der Waals surface area contributed by atoms with Crippen LogP contribution in [0.3, 0.4) is 0 Å². The summed E-state index contributed by atoms with van der Waals surface area (Å²) in [6.07, 6.45) is 12.4. The van der Waals surface area contributed by atoms with Crippen LogP contribution in [0, 0.1) is 0 Å². The molecule has 0 bridgehead atoms. The average molecular weight is 349 g/mol. The van der Waals surface area contributed by atoms with Crippen molar-refractivity contribution in [1.82, 2.24) is 0 Å². The monoisotopic (exact) mass is 350 g/mol. The van der Waals surface area contributed by atoms with Crippen LogP contribution < -0.4 is 0 Å². The molecule has 0 spiro atoms. The molecule has 2 heteroatoms. The molecule has 0 aliphatic rings. The molecule has 104 valence electrons. The molecule has 0 amide bonds. The Labute approximate surface area is 114 Å². The molecule has 1 nitrogen and oxygen atoms in total. The molecule has 0 N–H and O–H groups in total. The molecule has 0 rings (SSSR count). The first-order chi connectivity index (χ1) is 8.12. The third-order valence-electron chi connectivity index (χ3n) is 3.37. The third kappa shape index (κ3) is 13.0. The van der Waals surface area contributed by atoms with Gasteiger partial charge in [-0.15, -0.1) is 0 Å². The van der Waals surface area contributed by atoms with Gasteiger partial charge in [-0.05, 0) is 0 Å². The molecule has 17 heavy (non-hydrogen) atoms. The van der Waals surface area contributed by atoms with Crippen LogP contribution in [0.1, 0.15) is 71.6 Å². The molecule has 0 aromatic carbocycles. The predicted molar refractivity (Wildman–Crippen MR) is 81.1 cm³/mol. The maximum absolute atomic E-state index is 6.17. The fourth-order valence-electron chi connectivity index (χ4n) is 2.10. The summed E-state index contributed by atoms with van der Waals surface area (Å²) < 4.78 is 7.59. The predicted octanol–water partition coefficient (Wildman–Crippen LogP) is 5.76. The Balaban J connectivity index is 3.37. The molecule has 0 unspecified atom stereocenters. The Morgan fingerprint density at radius 3 is 1.88 bits per heavy atom. The second-order valence-electron chi connectivity index (χ2n) is 5.83. The zero-order valence-electron chi connectivity index (χ0n) is 12.7. The summed E-state index contributed by atoms with van der Waals surface area (Å²) in [5.74, 6) is 0.